The molecular weight excluding hydrogens is 220 g/mol. The van der Waals surface area contributed by atoms with E-state index in [0.29, 0.717) is 5.88 Å². The third-order valence-corrected chi connectivity index (χ3v) is 2.30. The fraction of sp³-hybridized carbons (Fsp3) is 0.625. The highest BCUT2D eigenvalue weighted by atomic mass is 32.2. The maximum atomic E-state index is 10.6. The molecule has 2 amide bonds. The average molecular weight is 234 g/mol. The van der Waals surface area contributed by atoms with Gasteiger partial charge >= 0.3 is 5.97 Å². The van der Waals surface area contributed by atoms with Gasteiger partial charge in [-0.05, 0) is 0 Å². The van der Waals surface area contributed by atoms with Crippen molar-refractivity contribution in [1.29, 1.82) is 0 Å². The Labute approximate surface area is 91.8 Å². The highest BCUT2D eigenvalue weighted by Gasteiger charge is 2.17. The SMILES string of the molecule is CC(=O)NCSC[C@H](NC(C)=O)C(=O)O. The third kappa shape index (κ3) is 7.80. The minimum absolute atomic E-state index is 0.172. The van der Waals surface area contributed by atoms with Crippen LogP contribution in [0.4, 0.5) is 0 Å². The number of thioether (sulfide) groups is 1. The van der Waals surface area contributed by atoms with Crippen LogP contribution in [0.3, 0.4) is 0 Å². The van der Waals surface area contributed by atoms with E-state index in [1.54, 1.807) is 0 Å². The fourth-order valence-corrected chi connectivity index (χ4v) is 1.63. The van der Waals surface area contributed by atoms with Crippen LogP contribution in [0.25, 0.3) is 0 Å². The molecule has 0 rings (SSSR count). The molecule has 6 nitrogen and oxygen atoms in total. The number of carbonyl (C=O) groups is 3. The highest BCUT2D eigenvalue weighted by Crippen LogP contribution is 2.01. The lowest BCUT2D eigenvalue weighted by Crippen LogP contribution is -2.41. The number of aliphatic carboxylic acids is 1. The van der Waals surface area contributed by atoms with E-state index in [0.717, 1.165) is 0 Å². The molecule has 0 saturated carbocycles. The van der Waals surface area contributed by atoms with Crippen molar-refractivity contribution in [2.75, 3.05) is 11.6 Å². The van der Waals surface area contributed by atoms with Gasteiger partial charge in [0.2, 0.25) is 11.8 Å². The molecule has 0 aromatic rings. The molecule has 0 aliphatic heterocycles. The number of carbonyl (C=O) groups excluding carboxylic acids is 2. The van der Waals surface area contributed by atoms with E-state index in [1.807, 2.05) is 0 Å². The van der Waals surface area contributed by atoms with Crippen molar-refractivity contribution in [3.05, 3.63) is 0 Å². The number of amides is 2. The average Bonchev–Trinajstić information content (AvgIpc) is 2.08. The van der Waals surface area contributed by atoms with Gasteiger partial charge in [-0.15, -0.1) is 11.8 Å². The minimum atomic E-state index is -1.08. The molecular formula is C8H14N2O4S. The first-order chi connectivity index (χ1) is 6.93. The molecule has 0 spiro atoms. The lowest BCUT2D eigenvalue weighted by Gasteiger charge is -2.12. The van der Waals surface area contributed by atoms with Crippen LogP contribution in [-0.2, 0) is 14.4 Å². The topological polar surface area (TPSA) is 95.5 Å². The summed E-state index contributed by atoms with van der Waals surface area (Å²) in [5.74, 6) is -1.09. The number of hydrogen-bond donors (Lipinski definition) is 3. The van der Waals surface area contributed by atoms with Gasteiger partial charge in [0, 0.05) is 19.6 Å². The molecule has 3 N–H and O–H groups in total. The lowest BCUT2D eigenvalue weighted by atomic mass is 10.3. The minimum Gasteiger partial charge on any atom is -0.480 e. The molecule has 0 heterocycles. The molecule has 7 heteroatoms. The Balaban J connectivity index is 3.81. The molecule has 0 aliphatic carbocycles. The molecule has 0 bridgehead atoms. The zero-order valence-corrected chi connectivity index (χ0v) is 9.39. The predicted molar refractivity (Wildman–Crippen MR) is 56.4 cm³/mol. The lowest BCUT2D eigenvalue weighted by molar-refractivity contribution is -0.140. The smallest absolute Gasteiger partial charge is 0.327 e. The zero-order chi connectivity index (χ0) is 11.8. The summed E-state index contributed by atoms with van der Waals surface area (Å²) in [6.07, 6.45) is 0. The first-order valence-electron chi connectivity index (χ1n) is 4.25. The Morgan fingerprint density at radius 1 is 1.27 bits per heavy atom. The van der Waals surface area contributed by atoms with Gasteiger partial charge in [-0.3, -0.25) is 9.59 Å². The Morgan fingerprint density at radius 3 is 2.27 bits per heavy atom. The number of nitrogens with one attached hydrogen (secondary N) is 2. The Morgan fingerprint density at radius 2 is 1.87 bits per heavy atom. The second kappa shape index (κ2) is 7.10. The van der Waals surface area contributed by atoms with Gasteiger partial charge in [0.25, 0.3) is 0 Å². The summed E-state index contributed by atoms with van der Waals surface area (Å²) in [7, 11) is 0. The molecule has 0 unspecified atom stereocenters. The van der Waals surface area contributed by atoms with Crippen LogP contribution in [0.15, 0.2) is 0 Å². The van der Waals surface area contributed by atoms with Crippen molar-refractivity contribution in [1.82, 2.24) is 10.6 Å². The normalized spacial score (nSPS) is 11.6. The largest absolute Gasteiger partial charge is 0.480 e. The van der Waals surface area contributed by atoms with Gasteiger partial charge < -0.3 is 15.7 Å². The molecule has 15 heavy (non-hydrogen) atoms. The number of carboxylic acids is 1. The summed E-state index contributed by atoms with van der Waals surface area (Å²) in [5, 5.41) is 13.5. The molecule has 1 atom stereocenters. The number of carboxylic acid groups (broad SMARTS) is 1. The molecule has 0 saturated heterocycles. The Hall–Kier alpha value is -1.24. The maximum absolute atomic E-state index is 10.6. The van der Waals surface area contributed by atoms with E-state index in [2.05, 4.69) is 10.6 Å². The Kier molecular flexibility index (Phi) is 6.52. The van der Waals surface area contributed by atoms with E-state index in [-0.39, 0.29) is 17.6 Å². The van der Waals surface area contributed by atoms with E-state index in [1.165, 1.54) is 25.6 Å². The molecule has 86 valence electrons. The van der Waals surface area contributed by atoms with Crippen LogP contribution in [0.1, 0.15) is 13.8 Å². The van der Waals surface area contributed by atoms with Crippen LogP contribution in [0, 0.1) is 0 Å². The molecule has 0 aromatic heterocycles. The van der Waals surface area contributed by atoms with Gasteiger partial charge in [0.05, 0.1) is 5.88 Å². The van der Waals surface area contributed by atoms with Crippen LogP contribution in [-0.4, -0.2) is 40.6 Å². The molecule has 0 aromatic carbocycles. The van der Waals surface area contributed by atoms with E-state index < -0.39 is 12.0 Å². The molecule has 0 aliphatic rings. The van der Waals surface area contributed by atoms with Gasteiger partial charge in [-0.25, -0.2) is 4.79 Å². The zero-order valence-electron chi connectivity index (χ0n) is 8.57. The van der Waals surface area contributed by atoms with Crippen LogP contribution >= 0.6 is 11.8 Å². The maximum Gasteiger partial charge on any atom is 0.327 e. The van der Waals surface area contributed by atoms with Gasteiger partial charge in [0.15, 0.2) is 0 Å². The fourth-order valence-electron chi connectivity index (χ4n) is 0.749. The van der Waals surface area contributed by atoms with Crippen LogP contribution in [0.5, 0.6) is 0 Å². The van der Waals surface area contributed by atoms with Crippen molar-refractivity contribution >= 4 is 29.5 Å². The van der Waals surface area contributed by atoms with Crippen molar-refractivity contribution < 1.29 is 19.5 Å². The number of rotatable bonds is 6. The Bertz CT molecular complexity index is 257. The van der Waals surface area contributed by atoms with Gasteiger partial charge in [-0.2, -0.15) is 0 Å². The summed E-state index contributed by atoms with van der Waals surface area (Å²) in [5.41, 5.74) is 0. The summed E-state index contributed by atoms with van der Waals surface area (Å²) >= 11 is 1.23. The highest BCUT2D eigenvalue weighted by molar-refractivity contribution is 7.99. The van der Waals surface area contributed by atoms with Gasteiger partial charge in [0.1, 0.15) is 6.04 Å². The first-order valence-corrected chi connectivity index (χ1v) is 5.41. The molecule has 0 fully saturated rings. The summed E-state index contributed by atoms with van der Waals surface area (Å²) < 4.78 is 0. The second-order valence-electron chi connectivity index (χ2n) is 2.84. The van der Waals surface area contributed by atoms with Crippen molar-refractivity contribution in [2.24, 2.45) is 0 Å². The summed E-state index contributed by atoms with van der Waals surface area (Å²) in [6, 6.07) is -0.916. The van der Waals surface area contributed by atoms with Crippen molar-refractivity contribution in [2.45, 2.75) is 19.9 Å². The van der Waals surface area contributed by atoms with Crippen LogP contribution < -0.4 is 10.6 Å². The summed E-state index contributed by atoms with van der Waals surface area (Å²) in [4.78, 5) is 31.8. The van der Waals surface area contributed by atoms with Crippen molar-refractivity contribution in [3.8, 4) is 0 Å². The van der Waals surface area contributed by atoms with E-state index in [4.69, 9.17) is 5.11 Å². The predicted octanol–water partition coefficient (Wildman–Crippen LogP) is -0.598. The van der Waals surface area contributed by atoms with E-state index in [9.17, 15) is 14.4 Å². The molecule has 0 radical (unpaired) electrons. The quantitative estimate of drug-likeness (QED) is 0.421. The monoisotopic (exact) mass is 234 g/mol. The standard InChI is InChI=1S/C8H14N2O4S/c1-5(11)9-4-15-3-7(8(13)14)10-6(2)12/h7H,3-4H2,1-2H3,(H,9,11)(H,10,12)(H,13,14)/t7-/m0/s1. The van der Waals surface area contributed by atoms with Gasteiger partial charge in [-0.1, -0.05) is 0 Å². The van der Waals surface area contributed by atoms with E-state index >= 15 is 0 Å². The second-order valence-corrected chi connectivity index (χ2v) is 3.87. The van der Waals surface area contributed by atoms with Crippen molar-refractivity contribution in [3.63, 3.8) is 0 Å². The first kappa shape index (κ1) is 13.8. The van der Waals surface area contributed by atoms with Crippen LogP contribution in [0.2, 0.25) is 0 Å². The summed E-state index contributed by atoms with van der Waals surface area (Å²) in [6.45, 7) is 2.64. The third-order valence-electron chi connectivity index (χ3n) is 1.38. The number of hydrogen-bond acceptors (Lipinski definition) is 4.